The number of nitrogens with two attached hydrogens (primary N) is 1. The molecule has 1 fully saturated rings. The van der Waals surface area contributed by atoms with Gasteiger partial charge in [0.1, 0.15) is 11.6 Å². The third-order valence-corrected chi connectivity index (χ3v) is 3.87. The molecule has 0 aliphatic heterocycles. The van der Waals surface area contributed by atoms with Gasteiger partial charge in [-0.15, -0.1) is 0 Å². The summed E-state index contributed by atoms with van der Waals surface area (Å²) < 4.78 is 18.7. The fraction of sp³-hybridized carbons (Fsp3) is 0.562. The maximum atomic E-state index is 13.2. The molecule has 116 valence electrons. The maximum absolute atomic E-state index is 13.2. The van der Waals surface area contributed by atoms with Gasteiger partial charge in [0.05, 0.1) is 12.1 Å². The Labute approximate surface area is 124 Å². The van der Waals surface area contributed by atoms with E-state index in [0.717, 1.165) is 18.4 Å². The number of rotatable bonds is 8. The lowest BCUT2D eigenvalue weighted by atomic mass is 9.95. The standard InChI is InChI=1S/C16H23FN2O2/c1-11-4-5-12(17)10-14(11)21-9-3-8-16(2,15(18)20)19-13-6-7-13/h4-5,10,13,19H,3,6-9H2,1-2H3,(H2,18,20). The van der Waals surface area contributed by atoms with Gasteiger partial charge in [-0.1, -0.05) is 6.07 Å². The number of amides is 1. The molecule has 4 nitrogen and oxygen atoms in total. The van der Waals surface area contributed by atoms with E-state index < -0.39 is 5.54 Å². The van der Waals surface area contributed by atoms with Gasteiger partial charge in [-0.2, -0.15) is 0 Å². The second kappa shape index (κ2) is 6.43. The Balaban J connectivity index is 1.82. The lowest BCUT2D eigenvalue weighted by Gasteiger charge is -2.27. The molecular weight excluding hydrogens is 271 g/mol. The van der Waals surface area contributed by atoms with Crippen molar-refractivity contribution < 1.29 is 13.9 Å². The number of primary amides is 1. The predicted octanol–water partition coefficient (Wildman–Crippen LogP) is 2.29. The number of ether oxygens (including phenoxy) is 1. The average Bonchev–Trinajstić information content (AvgIpc) is 3.22. The van der Waals surface area contributed by atoms with Crippen LogP contribution < -0.4 is 15.8 Å². The first-order chi connectivity index (χ1) is 9.90. The SMILES string of the molecule is Cc1ccc(F)cc1OCCCC(C)(NC1CC1)C(N)=O. The number of nitrogens with one attached hydrogen (secondary N) is 1. The quantitative estimate of drug-likeness (QED) is 0.723. The van der Waals surface area contributed by atoms with Crippen molar-refractivity contribution in [1.82, 2.24) is 5.32 Å². The van der Waals surface area contributed by atoms with Gasteiger partial charge in [0, 0.05) is 12.1 Å². The summed E-state index contributed by atoms with van der Waals surface area (Å²) in [7, 11) is 0. The van der Waals surface area contributed by atoms with Crippen molar-refractivity contribution in [3.63, 3.8) is 0 Å². The van der Waals surface area contributed by atoms with Crippen LogP contribution in [0.5, 0.6) is 5.75 Å². The molecule has 3 N–H and O–H groups in total. The van der Waals surface area contributed by atoms with Crippen LogP contribution >= 0.6 is 0 Å². The van der Waals surface area contributed by atoms with Gasteiger partial charge in [-0.05, 0) is 51.2 Å². The van der Waals surface area contributed by atoms with Crippen molar-refractivity contribution in [1.29, 1.82) is 0 Å². The molecule has 2 rings (SSSR count). The lowest BCUT2D eigenvalue weighted by molar-refractivity contribution is -0.124. The van der Waals surface area contributed by atoms with Gasteiger partial charge in [-0.25, -0.2) is 4.39 Å². The normalized spacial score (nSPS) is 17.3. The van der Waals surface area contributed by atoms with Crippen LogP contribution in [0.25, 0.3) is 0 Å². The van der Waals surface area contributed by atoms with Crippen LogP contribution in [0, 0.1) is 12.7 Å². The van der Waals surface area contributed by atoms with Crippen LogP contribution in [0.3, 0.4) is 0 Å². The first-order valence-electron chi connectivity index (χ1n) is 7.37. The van der Waals surface area contributed by atoms with E-state index in [9.17, 15) is 9.18 Å². The zero-order chi connectivity index (χ0) is 15.5. The van der Waals surface area contributed by atoms with E-state index in [0.29, 0.717) is 31.2 Å². The second-order valence-corrected chi connectivity index (χ2v) is 5.98. The number of carbonyl (C=O) groups is 1. The highest BCUT2D eigenvalue weighted by molar-refractivity contribution is 5.84. The molecule has 0 saturated heterocycles. The minimum atomic E-state index is -0.693. The first kappa shape index (κ1) is 15.8. The summed E-state index contributed by atoms with van der Waals surface area (Å²) in [5.41, 5.74) is 5.69. The van der Waals surface area contributed by atoms with E-state index in [1.54, 1.807) is 6.07 Å². The van der Waals surface area contributed by atoms with Gasteiger partial charge in [0.25, 0.3) is 0 Å². The fourth-order valence-corrected chi connectivity index (χ4v) is 2.28. The zero-order valence-corrected chi connectivity index (χ0v) is 12.6. The molecule has 1 aromatic rings. The Morgan fingerprint density at radius 1 is 1.52 bits per heavy atom. The van der Waals surface area contributed by atoms with Gasteiger partial charge in [0.15, 0.2) is 0 Å². The first-order valence-corrected chi connectivity index (χ1v) is 7.37. The minimum absolute atomic E-state index is 0.312. The third kappa shape index (κ3) is 4.43. The van der Waals surface area contributed by atoms with Crippen molar-refractivity contribution in [3.05, 3.63) is 29.6 Å². The molecule has 1 aromatic carbocycles. The smallest absolute Gasteiger partial charge is 0.237 e. The molecular formula is C16H23FN2O2. The van der Waals surface area contributed by atoms with Crippen molar-refractivity contribution in [2.75, 3.05) is 6.61 Å². The number of hydrogen-bond donors (Lipinski definition) is 2. The van der Waals surface area contributed by atoms with E-state index in [1.165, 1.54) is 12.1 Å². The summed E-state index contributed by atoms with van der Waals surface area (Å²) in [4.78, 5) is 11.6. The molecule has 0 spiro atoms. The van der Waals surface area contributed by atoms with Crippen molar-refractivity contribution >= 4 is 5.91 Å². The molecule has 1 aliphatic rings. The molecule has 21 heavy (non-hydrogen) atoms. The van der Waals surface area contributed by atoms with Gasteiger partial charge < -0.3 is 15.8 Å². The average molecular weight is 294 g/mol. The molecule has 1 amide bonds. The number of hydrogen-bond acceptors (Lipinski definition) is 3. The molecule has 0 radical (unpaired) electrons. The number of carbonyl (C=O) groups excluding carboxylic acids is 1. The minimum Gasteiger partial charge on any atom is -0.493 e. The molecule has 0 heterocycles. The predicted molar refractivity (Wildman–Crippen MR) is 79.6 cm³/mol. The highest BCUT2D eigenvalue weighted by Crippen LogP contribution is 2.25. The van der Waals surface area contributed by atoms with E-state index >= 15 is 0 Å². The Morgan fingerprint density at radius 2 is 2.24 bits per heavy atom. The summed E-state index contributed by atoms with van der Waals surface area (Å²) in [5.74, 6) is -0.102. The Morgan fingerprint density at radius 3 is 2.86 bits per heavy atom. The highest BCUT2D eigenvalue weighted by atomic mass is 19.1. The van der Waals surface area contributed by atoms with Gasteiger partial charge in [0.2, 0.25) is 5.91 Å². The molecule has 5 heteroatoms. The molecule has 0 aromatic heterocycles. The number of benzene rings is 1. The maximum Gasteiger partial charge on any atom is 0.237 e. The van der Waals surface area contributed by atoms with Crippen molar-refractivity contribution in [2.24, 2.45) is 5.73 Å². The Kier molecular flexibility index (Phi) is 4.83. The van der Waals surface area contributed by atoms with Gasteiger partial charge >= 0.3 is 0 Å². The summed E-state index contributed by atoms with van der Waals surface area (Å²) in [6.45, 7) is 4.14. The lowest BCUT2D eigenvalue weighted by Crippen LogP contribution is -2.54. The van der Waals surface area contributed by atoms with Crippen LogP contribution in [-0.2, 0) is 4.79 Å². The Bertz CT molecular complexity index is 517. The fourth-order valence-electron chi connectivity index (χ4n) is 2.28. The summed E-state index contributed by atoms with van der Waals surface area (Å²) in [5, 5.41) is 3.30. The third-order valence-electron chi connectivity index (χ3n) is 3.87. The highest BCUT2D eigenvalue weighted by Gasteiger charge is 2.36. The number of halogens is 1. The van der Waals surface area contributed by atoms with E-state index in [4.69, 9.17) is 10.5 Å². The zero-order valence-electron chi connectivity index (χ0n) is 12.6. The molecule has 1 saturated carbocycles. The Hall–Kier alpha value is -1.62. The van der Waals surface area contributed by atoms with Crippen molar-refractivity contribution in [2.45, 2.75) is 51.1 Å². The molecule has 1 aliphatic carbocycles. The van der Waals surface area contributed by atoms with E-state index in [-0.39, 0.29) is 11.7 Å². The van der Waals surface area contributed by atoms with Crippen LogP contribution in [0.4, 0.5) is 4.39 Å². The summed E-state index contributed by atoms with van der Waals surface area (Å²) in [6, 6.07) is 4.89. The molecule has 0 bridgehead atoms. The van der Waals surface area contributed by atoms with E-state index in [2.05, 4.69) is 5.32 Å². The summed E-state index contributed by atoms with van der Waals surface area (Å²) >= 11 is 0. The van der Waals surface area contributed by atoms with Crippen LogP contribution in [0.1, 0.15) is 38.2 Å². The summed E-state index contributed by atoms with van der Waals surface area (Å²) in [6.07, 6.45) is 3.48. The van der Waals surface area contributed by atoms with Crippen LogP contribution in [0.2, 0.25) is 0 Å². The monoisotopic (exact) mass is 294 g/mol. The van der Waals surface area contributed by atoms with Crippen LogP contribution in [-0.4, -0.2) is 24.1 Å². The van der Waals surface area contributed by atoms with Gasteiger partial charge in [-0.3, -0.25) is 4.79 Å². The van der Waals surface area contributed by atoms with E-state index in [1.807, 2.05) is 13.8 Å². The number of aryl methyl sites for hydroxylation is 1. The largest absolute Gasteiger partial charge is 0.493 e. The molecule has 1 unspecified atom stereocenters. The topological polar surface area (TPSA) is 64.3 Å². The second-order valence-electron chi connectivity index (χ2n) is 5.98. The van der Waals surface area contributed by atoms with Crippen molar-refractivity contribution in [3.8, 4) is 5.75 Å². The van der Waals surface area contributed by atoms with Crippen LogP contribution in [0.15, 0.2) is 18.2 Å². The molecule has 1 atom stereocenters.